The summed E-state index contributed by atoms with van der Waals surface area (Å²) in [5.74, 6) is 0. The Morgan fingerprint density at radius 2 is 1.81 bits per heavy atom. The van der Waals surface area contributed by atoms with E-state index in [-0.39, 0.29) is 5.30 Å². The maximum atomic E-state index is 11.2. The molecule has 0 aliphatic rings. The van der Waals surface area contributed by atoms with Gasteiger partial charge in [0.05, 0.1) is 5.30 Å². The van der Waals surface area contributed by atoms with Gasteiger partial charge in [-0.05, 0) is 24.5 Å². The standard InChI is InChI=1S/C12H19O3P/c1-2-3-4-5-8-11-9-6-7-10-12(11)16(13,14)15/h6-7,9-10H,2-5,8H2,1H3,(H2,13,14,15). The lowest BCUT2D eigenvalue weighted by Gasteiger charge is -2.10. The molecule has 0 aliphatic carbocycles. The third-order valence-electron chi connectivity index (χ3n) is 2.61. The van der Waals surface area contributed by atoms with Crippen molar-refractivity contribution in [2.45, 2.75) is 39.0 Å². The number of benzene rings is 1. The predicted molar refractivity (Wildman–Crippen MR) is 66.0 cm³/mol. The third-order valence-corrected chi connectivity index (χ3v) is 3.67. The molecule has 0 atom stereocenters. The summed E-state index contributed by atoms with van der Waals surface area (Å²) in [5, 5.41) is 0.187. The fourth-order valence-corrected chi connectivity index (χ4v) is 2.59. The quantitative estimate of drug-likeness (QED) is 0.595. The topological polar surface area (TPSA) is 57.5 Å². The molecule has 2 N–H and O–H groups in total. The van der Waals surface area contributed by atoms with Crippen molar-refractivity contribution in [2.24, 2.45) is 0 Å². The van der Waals surface area contributed by atoms with Crippen molar-refractivity contribution in [1.82, 2.24) is 0 Å². The van der Waals surface area contributed by atoms with Crippen molar-refractivity contribution < 1.29 is 14.4 Å². The molecule has 1 aromatic carbocycles. The highest BCUT2D eigenvalue weighted by molar-refractivity contribution is 7.60. The van der Waals surface area contributed by atoms with Crippen LogP contribution in [0.4, 0.5) is 0 Å². The van der Waals surface area contributed by atoms with Crippen LogP contribution in [-0.4, -0.2) is 9.79 Å². The lowest BCUT2D eigenvalue weighted by atomic mass is 10.1. The molecule has 0 heterocycles. The van der Waals surface area contributed by atoms with Crippen LogP contribution in [0.1, 0.15) is 38.2 Å². The van der Waals surface area contributed by atoms with E-state index in [1.165, 1.54) is 18.9 Å². The third kappa shape index (κ3) is 4.09. The maximum Gasteiger partial charge on any atom is 0.356 e. The Balaban J connectivity index is 2.69. The van der Waals surface area contributed by atoms with Gasteiger partial charge in [-0.3, -0.25) is 4.57 Å². The second-order valence-corrected chi connectivity index (χ2v) is 5.55. The Hall–Kier alpha value is -0.630. The average molecular weight is 242 g/mol. The maximum absolute atomic E-state index is 11.2. The zero-order chi connectivity index (χ0) is 12.0. The molecule has 0 spiro atoms. The lowest BCUT2D eigenvalue weighted by molar-refractivity contribution is 0.387. The zero-order valence-corrected chi connectivity index (χ0v) is 10.5. The van der Waals surface area contributed by atoms with Gasteiger partial charge >= 0.3 is 7.60 Å². The minimum Gasteiger partial charge on any atom is -0.321 e. The van der Waals surface area contributed by atoms with Crippen molar-refractivity contribution in [3.63, 3.8) is 0 Å². The largest absolute Gasteiger partial charge is 0.356 e. The molecule has 4 heteroatoms. The molecular formula is C12H19O3P. The van der Waals surface area contributed by atoms with E-state index in [0.29, 0.717) is 0 Å². The summed E-state index contributed by atoms with van der Waals surface area (Å²) in [7, 11) is -4.11. The van der Waals surface area contributed by atoms with E-state index < -0.39 is 7.60 Å². The van der Waals surface area contributed by atoms with Gasteiger partial charge in [-0.25, -0.2) is 0 Å². The van der Waals surface area contributed by atoms with Crippen LogP contribution in [-0.2, 0) is 11.0 Å². The highest BCUT2D eigenvalue weighted by atomic mass is 31.2. The molecule has 0 aliphatic heterocycles. The van der Waals surface area contributed by atoms with E-state index in [4.69, 9.17) is 0 Å². The Bertz CT molecular complexity index is 370. The first-order valence-electron chi connectivity index (χ1n) is 5.69. The first-order chi connectivity index (χ1) is 7.55. The molecular weight excluding hydrogens is 223 g/mol. The SMILES string of the molecule is CCCCCCc1ccccc1P(=O)(O)O. The Labute approximate surface area is 96.7 Å². The molecule has 90 valence electrons. The summed E-state index contributed by atoms with van der Waals surface area (Å²) in [6.07, 6.45) is 5.20. The summed E-state index contributed by atoms with van der Waals surface area (Å²) in [6.45, 7) is 2.14. The Morgan fingerprint density at radius 3 is 2.44 bits per heavy atom. The number of unbranched alkanes of at least 4 members (excludes halogenated alkanes) is 3. The molecule has 0 bridgehead atoms. The molecule has 0 saturated carbocycles. The molecule has 0 saturated heterocycles. The summed E-state index contributed by atoms with van der Waals surface area (Å²) in [4.78, 5) is 18.4. The van der Waals surface area contributed by atoms with Crippen LogP contribution in [0.25, 0.3) is 0 Å². The first-order valence-corrected chi connectivity index (χ1v) is 7.31. The zero-order valence-electron chi connectivity index (χ0n) is 9.59. The normalized spacial score (nSPS) is 11.7. The summed E-state index contributed by atoms with van der Waals surface area (Å²) in [5.41, 5.74) is 0.784. The van der Waals surface area contributed by atoms with E-state index in [1.807, 2.05) is 6.07 Å². The van der Waals surface area contributed by atoms with Crippen molar-refractivity contribution >= 4 is 12.9 Å². The molecule has 0 amide bonds. The molecule has 0 unspecified atom stereocenters. The van der Waals surface area contributed by atoms with Crippen molar-refractivity contribution in [3.8, 4) is 0 Å². The minimum atomic E-state index is -4.11. The Morgan fingerprint density at radius 1 is 1.12 bits per heavy atom. The van der Waals surface area contributed by atoms with Crippen LogP contribution < -0.4 is 5.30 Å². The van der Waals surface area contributed by atoms with Crippen LogP contribution in [0.2, 0.25) is 0 Å². The molecule has 3 nitrogen and oxygen atoms in total. The number of aryl methyl sites for hydroxylation is 1. The lowest BCUT2D eigenvalue weighted by Crippen LogP contribution is -2.10. The van der Waals surface area contributed by atoms with Gasteiger partial charge in [-0.1, -0.05) is 44.4 Å². The van der Waals surface area contributed by atoms with Crippen LogP contribution in [0.3, 0.4) is 0 Å². The van der Waals surface area contributed by atoms with Crippen LogP contribution in [0.15, 0.2) is 24.3 Å². The van der Waals surface area contributed by atoms with Gasteiger partial charge in [0.15, 0.2) is 0 Å². The van der Waals surface area contributed by atoms with Gasteiger partial charge in [0.2, 0.25) is 0 Å². The van der Waals surface area contributed by atoms with Crippen LogP contribution in [0.5, 0.6) is 0 Å². The second kappa shape index (κ2) is 6.19. The van der Waals surface area contributed by atoms with Gasteiger partial charge in [-0.2, -0.15) is 0 Å². The molecule has 0 radical (unpaired) electrons. The van der Waals surface area contributed by atoms with Gasteiger partial charge in [0.25, 0.3) is 0 Å². The predicted octanol–water partition coefficient (Wildman–Crippen LogP) is 2.61. The number of hydrogen-bond donors (Lipinski definition) is 2. The monoisotopic (exact) mass is 242 g/mol. The van der Waals surface area contributed by atoms with Crippen molar-refractivity contribution in [2.75, 3.05) is 0 Å². The Kier molecular flexibility index (Phi) is 5.20. The van der Waals surface area contributed by atoms with Gasteiger partial charge in [-0.15, -0.1) is 0 Å². The molecule has 1 aromatic rings. The molecule has 0 aromatic heterocycles. The summed E-state index contributed by atoms with van der Waals surface area (Å²) >= 11 is 0. The average Bonchev–Trinajstić information content (AvgIpc) is 2.24. The molecule has 0 fully saturated rings. The fraction of sp³-hybridized carbons (Fsp3) is 0.500. The summed E-state index contributed by atoms with van der Waals surface area (Å²) in [6, 6.07) is 6.83. The van der Waals surface area contributed by atoms with E-state index >= 15 is 0 Å². The molecule has 1 rings (SSSR count). The first kappa shape index (κ1) is 13.4. The van der Waals surface area contributed by atoms with E-state index in [1.54, 1.807) is 12.1 Å². The van der Waals surface area contributed by atoms with Crippen molar-refractivity contribution in [3.05, 3.63) is 29.8 Å². The smallest absolute Gasteiger partial charge is 0.321 e. The highest BCUT2D eigenvalue weighted by Crippen LogP contribution is 2.34. The molecule has 16 heavy (non-hydrogen) atoms. The summed E-state index contributed by atoms with van der Waals surface area (Å²) < 4.78 is 11.2. The fourth-order valence-electron chi connectivity index (χ4n) is 1.75. The van der Waals surface area contributed by atoms with Crippen LogP contribution in [0, 0.1) is 0 Å². The van der Waals surface area contributed by atoms with E-state index in [9.17, 15) is 14.4 Å². The number of hydrogen-bond acceptors (Lipinski definition) is 1. The second-order valence-electron chi connectivity index (χ2n) is 3.98. The van der Waals surface area contributed by atoms with Gasteiger partial charge in [0.1, 0.15) is 0 Å². The van der Waals surface area contributed by atoms with E-state index in [0.717, 1.165) is 24.8 Å². The van der Waals surface area contributed by atoms with Gasteiger partial charge < -0.3 is 9.79 Å². The van der Waals surface area contributed by atoms with E-state index in [2.05, 4.69) is 6.92 Å². The van der Waals surface area contributed by atoms with Gasteiger partial charge in [0, 0.05) is 0 Å². The van der Waals surface area contributed by atoms with Crippen molar-refractivity contribution in [1.29, 1.82) is 0 Å². The highest BCUT2D eigenvalue weighted by Gasteiger charge is 2.20. The van der Waals surface area contributed by atoms with Crippen LogP contribution >= 0.6 is 7.60 Å². The minimum absolute atomic E-state index is 0.187. The number of rotatable bonds is 6.